The van der Waals surface area contributed by atoms with E-state index in [9.17, 15) is 9.59 Å². The van der Waals surface area contributed by atoms with Crippen LogP contribution in [-0.2, 0) is 22.6 Å². The number of amides is 2. The molecule has 0 bridgehead atoms. The van der Waals surface area contributed by atoms with Crippen molar-refractivity contribution in [3.63, 3.8) is 0 Å². The van der Waals surface area contributed by atoms with Gasteiger partial charge in [0.25, 0.3) is 0 Å². The average Bonchev–Trinajstić information content (AvgIpc) is 3.37. The van der Waals surface area contributed by atoms with Crippen LogP contribution in [0.1, 0.15) is 44.4 Å². The SMILES string of the molecule is CCc1ccccc1N(C(=O)Cn1nnc2ccccc21)[C@@H](C(=O)NCCC(C)C)c1ccc(OC)c(OC)c1. The van der Waals surface area contributed by atoms with Gasteiger partial charge in [0.1, 0.15) is 18.1 Å². The van der Waals surface area contributed by atoms with Crippen molar-refractivity contribution in [2.75, 3.05) is 25.7 Å². The van der Waals surface area contributed by atoms with Gasteiger partial charge in [-0.25, -0.2) is 4.68 Å². The number of para-hydroxylation sites is 2. The number of aromatic nitrogens is 3. The predicted octanol–water partition coefficient (Wildman–Crippen LogP) is 4.95. The van der Waals surface area contributed by atoms with Gasteiger partial charge in [0.05, 0.1) is 19.7 Å². The number of fused-ring (bicyclic) bond motifs is 1. The number of nitrogens with zero attached hydrogens (tertiary/aromatic N) is 4. The first kappa shape index (κ1) is 28.6. The Morgan fingerprint density at radius 1 is 0.975 bits per heavy atom. The standard InChI is InChI=1S/C31H37N5O4/c1-6-22-11-7-9-13-25(22)36(29(37)20-35-26-14-10-8-12-24(26)33-34-35)30(31(38)32-18-17-21(2)3)23-15-16-27(39-4)28(19-23)40-5/h7-16,19,21,30H,6,17-18,20H2,1-5H3,(H,32,38)/t30-/m1/s1. The van der Waals surface area contributed by atoms with E-state index >= 15 is 0 Å². The zero-order chi connectivity index (χ0) is 28.6. The second kappa shape index (κ2) is 13.1. The van der Waals surface area contributed by atoms with E-state index in [1.54, 1.807) is 42.0 Å². The quantitative estimate of drug-likeness (QED) is 0.272. The van der Waals surface area contributed by atoms with Crippen LogP contribution in [0.15, 0.2) is 66.7 Å². The lowest BCUT2D eigenvalue weighted by atomic mass is 10.00. The molecule has 0 spiro atoms. The normalized spacial score (nSPS) is 11.8. The molecule has 0 fully saturated rings. The summed E-state index contributed by atoms with van der Waals surface area (Å²) in [6, 6.07) is 19.5. The molecule has 210 valence electrons. The van der Waals surface area contributed by atoms with Crippen LogP contribution in [-0.4, -0.2) is 47.6 Å². The maximum atomic E-state index is 14.3. The molecule has 0 unspecified atom stereocenters. The highest BCUT2D eigenvalue weighted by Crippen LogP contribution is 2.36. The zero-order valence-corrected chi connectivity index (χ0v) is 23.8. The molecule has 4 aromatic rings. The third kappa shape index (κ3) is 6.25. The van der Waals surface area contributed by atoms with Gasteiger partial charge in [0, 0.05) is 12.2 Å². The monoisotopic (exact) mass is 543 g/mol. The second-order valence-electron chi connectivity index (χ2n) is 9.97. The number of hydrogen-bond acceptors (Lipinski definition) is 6. The third-order valence-corrected chi connectivity index (χ3v) is 6.86. The number of hydrogen-bond donors (Lipinski definition) is 1. The minimum Gasteiger partial charge on any atom is -0.493 e. The van der Waals surface area contributed by atoms with Crippen LogP contribution in [0.25, 0.3) is 11.0 Å². The molecule has 1 heterocycles. The molecule has 2 amide bonds. The van der Waals surface area contributed by atoms with Crippen molar-refractivity contribution in [1.82, 2.24) is 20.3 Å². The van der Waals surface area contributed by atoms with E-state index in [0.717, 1.165) is 17.5 Å². The van der Waals surface area contributed by atoms with E-state index in [1.165, 1.54) is 0 Å². The molecule has 9 heteroatoms. The van der Waals surface area contributed by atoms with Crippen LogP contribution in [0.2, 0.25) is 0 Å². The molecule has 1 aromatic heterocycles. The maximum Gasteiger partial charge on any atom is 0.249 e. The molecule has 0 saturated carbocycles. The first-order valence-corrected chi connectivity index (χ1v) is 13.6. The van der Waals surface area contributed by atoms with Crippen LogP contribution in [0.3, 0.4) is 0 Å². The number of carbonyl (C=O) groups excluding carboxylic acids is 2. The van der Waals surface area contributed by atoms with Crippen molar-refractivity contribution in [2.45, 2.75) is 46.2 Å². The van der Waals surface area contributed by atoms with E-state index in [1.807, 2.05) is 55.5 Å². The molecule has 3 aromatic carbocycles. The summed E-state index contributed by atoms with van der Waals surface area (Å²) in [5.74, 6) is 0.842. The van der Waals surface area contributed by atoms with Crippen molar-refractivity contribution in [1.29, 1.82) is 0 Å². The molecule has 1 atom stereocenters. The van der Waals surface area contributed by atoms with Crippen molar-refractivity contribution in [3.05, 3.63) is 77.9 Å². The van der Waals surface area contributed by atoms with Crippen LogP contribution >= 0.6 is 0 Å². The molecule has 0 radical (unpaired) electrons. The van der Waals surface area contributed by atoms with Crippen LogP contribution < -0.4 is 19.7 Å². The van der Waals surface area contributed by atoms with E-state index in [0.29, 0.717) is 47.2 Å². The fourth-order valence-electron chi connectivity index (χ4n) is 4.72. The molecule has 0 aliphatic carbocycles. The molecule has 0 saturated heterocycles. The number of benzene rings is 3. The minimum absolute atomic E-state index is 0.0956. The van der Waals surface area contributed by atoms with Gasteiger partial charge >= 0.3 is 0 Å². The Hall–Kier alpha value is -4.40. The highest BCUT2D eigenvalue weighted by atomic mass is 16.5. The lowest BCUT2D eigenvalue weighted by Crippen LogP contribution is -2.46. The van der Waals surface area contributed by atoms with Crippen molar-refractivity contribution in [3.8, 4) is 11.5 Å². The van der Waals surface area contributed by atoms with E-state index in [4.69, 9.17) is 9.47 Å². The molecule has 9 nitrogen and oxygen atoms in total. The Balaban J connectivity index is 1.85. The van der Waals surface area contributed by atoms with E-state index in [2.05, 4.69) is 29.5 Å². The van der Waals surface area contributed by atoms with E-state index < -0.39 is 6.04 Å². The number of nitrogens with one attached hydrogen (secondary N) is 1. The lowest BCUT2D eigenvalue weighted by Gasteiger charge is -2.33. The fraction of sp³-hybridized carbons (Fsp3) is 0.355. The van der Waals surface area contributed by atoms with Gasteiger partial charge in [-0.05, 0) is 60.2 Å². The molecular formula is C31H37N5O4. The number of carbonyl (C=O) groups is 2. The Morgan fingerprint density at radius 2 is 1.70 bits per heavy atom. The van der Waals surface area contributed by atoms with Gasteiger partial charge in [-0.1, -0.05) is 62.4 Å². The van der Waals surface area contributed by atoms with Crippen molar-refractivity contribution < 1.29 is 19.1 Å². The zero-order valence-electron chi connectivity index (χ0n) is 23.8. The van der Waals surface area contributed by atoms with Crippen molar-refractivity contribution >= 4 is 28.5 Å². The number of methoxy groups -OCH3 is 2. The Labute approximate surface area is 235 Å². The van der Waals surface area contributed by atoms with Gasteiger partial charge < -0.3 is 14.8 Å². The smallest absolute Gasteiger partial charge is 0.249 e. The van der Waals surface area contributed by atoms with Crippen LogP contribution in [0, 0.1) is 5.92 Å². The number of anilines is 1. The Bertz CT molecular complexity index is 1470. The summed E-state index contributed by atoms with van der Waals surface area (Å²) < 4.78 is 12.6. The summed E-state index contributed by atoms with van der Waals surface area (Å²) in [5, 5.41) is 11.5. The van der Waals surface area contributed by atoms with Crippen LogP contribution in [0.4, 0.5) is 5.69 Å². The summed E-state index contributed by atoms with van der Waals surface area (Å²) in [4.78, 5) is 29.9. The van der Waals surface area contributed by atoms with E-state index in [-0.39, 0.29) is 18.4 Å². The second-order valence-corrected chi connectivity index (χ2v) is 9.97. The van der Waals surface area contributed by atoms with Gasteiger partial charge in [0.15, 0.2) is 11.5 Å². The molecular weight excluding hydrogens is 506 g/mol. The Morgan fingerprint density at radius 3 is 2.42 bits per heavy atom. The summed E-state index contributed by atoms with van der Waals surface area (Å²) in [5.41, 5.74) is 3.64. The summed E-state index contributed by atoms with van der Waals surface area (Å²) in [6.45, 7) is 6.63. The molecule has 0 aliphatic rings. The highest BCUT2D eigenvalue weighted by Gasteiger charge is 2.34. The molecule has 1 N–H and O–H groups in total. The van der Waals surface area contributed by atoms with Crippen LogP contribution in [0.5, 0.6) is 11.5 Å². The Kier molecular flexibility index (Phi) is 9.37. The maximum absolute atomic E-state index is 14.3. The number of ether oxygens (including phenoxy) is 2. The average molecular weight is 544 g/mol. The summed E-state index contributed by atoms with van der Waals surface area (Å²) >= 11 is 0. The van der Waals surface area contributed by atoms with Gasteiger partial charge in [-0.2, -0.15) is 0 Å². The molecule has 4 rings (SSSR count). The first-order valence-electron chi connectivity index (χ1n) is 13.6. The first-order chi connectivity index (χ1) is 19.4. The number of rotatable bonds is 12. The van der Waals surface area contributed by atoms with Gasteiger partial charge in [-0.15, -0.1) is 5.10 Å². The predicted molar refractivity (Wildman–Crippen MR) is 156 cm³/mol. The highest BCUT2D eigenvalue weighted by molar-refractivity contribution is 6.02. The third-order valence-electron chi connectivity index (χ3n) is 6.86. The molecule has 0 aliphatic heterocycles. The summed E-state index contributed by atoms with van der Waals surface area (Å²) in [6.07, 6.45) is 1.49. The largest absolute Gasteiger partial charge is 0.493 e. The summed E-state index contributed by atoms with van der Waals surface area (Å²) in [7, 11) is 3.11. The van der Waals surface area contributed by atoms with Gasteiger partial charge in [-0.3, -0.25) is 14.5 Å². The minimum atomic E-state index is -0.970. The lowest BCUT2D eigenvalue weighted by molar-refractivity contribution is -0.127. The van der Waals surface area contributed by atoms with Crippen molar-refractivity contribution in [2.24, 2.45) is 5.92 Å². The topological polar surface area (TPSA) is 98.6 Å². The fourth-order valence-corrected chi connectivity index (χ4v) is 4.72. The number of aryl methyl sites for hydroxylation is 1. The van der Waals surface area contributed by atoms with Gasteiger partial charge in [0.2, 0.25) is 11.8 Å². The molecule has 40 heavy (non-hydrogen) atoms.